The monoisotopic (exact) mass is 219 g/mol. The highest BCUT2D eigenvalue weighted by atomic mass is 15.2. The molecule has 0 radical (unpaired) electrons. The van der Waals surface area contributed by atoms with Crippen molar-refractivity contribution in [1.82, 2.24) is 4.98 Å². The number of hydrogen-bond donors (Lipinski definition) is 1. The van der Waals surface area contributed by atoms with Crippen molar-refractivity contribution >= 4 is 11.4 Å². The second-order valence-corrected chi connectivity index (χ2v) is 5.77. The van der Waals surface area contributed by atoms with Crippen LogP contribution >= 0.6 is 0 Å². The Morgan fingerprint density at radius 3 is 2.69 bits per heavy atom. The highest BCUT2D eigenvalue weighted by Crippen LogP contribution is 2.35. The first-order valence-electron chi connectivity index (χ1n) is 5.92. The van der Waals surface area contributed by atoms with E-state index in [0.717, 1.165) is 30.4 Å². The summed E-state index contributed by atoms with van der Waals surface area (Å²) in [5, 5.41) is 0. The van der Waals surface area contributed by atoms with E-state index in [1.807, 2.05) is 12.3 Å². The number of aromatic nitrogens is 1. The van der Waals surface area contributed by atoms with Gasteiger partial charge in [-0.1, -0.05) is 20.8 Å². The lowest BCUT2D eigenvalue weighted by Crippen LogP contribution is -2.25. The molecule has 3 nitrogen and oxygen atoms in total. The van der Waals surface area contributed by atoms with E-state index in [4.69, 9.17) is 5.73 Å². The van der Waals surface area contributed by atoms with Gasteiger partial charge in [0.15, 0.2) is 0 Å². The SMILES string of the molecule is CC(C)(C)C1CCN(c2cncc(N)c2)C1. The number of hydrogen-bond acceptors (Lipinski definition) is 3. The number of rotatable bonds is 1. The van der Waals surface area contributed by atoms with E-state index >= 15 is 0 Å². The third-order valence-electron chi connectivity index (χ3n) is 3.52. The molecular weight excluding hydrogens is 198 g/mol. The van der Waals surface area contributed by atoms with E-state index < -0.39 is 0 Å². The Morgan fingerprint density at radius 2 is 2.12 bits per heavy atom. The molecule has 88 valence electrons. The van der Waals surface area contributed by atoms with Crippen LogP contribution in [0.15, 0.2) is 18.5 Å². The van der Waals surface area contributed by atoms with Crippen molar-refractivity contribution < 1.29 is 0 Å². The van der Waals surface area contributed by atoms with Gasteiger partial charge >= 0.3 is 0 Å². The van der Waals surface area contributed by atoms with Crippen LogP contribution in [0.4, 0.5) is 11.4 Å². The zero-order chi connectivity index (χ0) is 11.8. The molecule has 0 bridgehead atoms. The fourth-order valence-electron chi connectivity index (χ4n) is 2.32. The molecule has 1 aromatic heterocycles. The van der Waals surface area contributed by atoms with Gasteiger partial charge in [0, 0.05) is 19.3 Å². The van der Waals surface area contributed by atoms with E-state index in [9.17, 15) is 0 Å². The van der Waals surface area contributed by atoms with Crippen LogP contribution in [0.2, 0.25) is 0 Å². The first kappa shape index (κ1) is 11.2. The minimum Gasteiger partial charge on any atom is -0.397 e. The van der Waals surface area contributed by atoms with Gasteiger partial charge in [-0.25, -0.2) is 0 Å². The quantitative estimate of drug-likeness (QED) is 0.789. The number of nitrogens with two attached hydrogens (primary N) is 1. The largest absolute Gasteiger partial charge is 0.397 e. The summed E-state index contributed by atoms with van der Waals surface area (Å²) in [6, 6.07) is 2.01. The first-order chi connectivity index (χ1) is 7.47. The molecule has 1 fully saturated rings. The maximum atomic E-state index is 5.76. The molecule has 1 unspecified atom stereocenters. The molecule has 1 saturated heterocycles. The average Bonchev–Trinajstić information content (AvgIpc) is 2.65. The number of nitrogens with zero attached hydrogens (tertiary/aromatic N) is 2. The summed E-state index contributed by atoms with van der Waals surface area (Å²) in [4.78, 5) is 6.54. The van der Waals surface area contributed by atoms with Crippen LogP contribution in [-0.4, -0.2) is 18.1 Å². The second kappa shape index (κ2) is 3.96. The summed E-state index contributed by atoms with van der Waals surface area (Å²) >= 11 is 0. The van der Waals surface area contributed by atoms with Crippen LogP contribution < -0.4 is 10.6 Å². The van der Waals surface area contributed by atoms with Gasteiger partial charge in [-0.2, -0.15) is 0 Å². The van der Waals surface area contributed by atoms with Crippen molar-refractivity contribution in [3.63, 3.8) is 0 Å². The van der Waals surface area contributed by atoms with Crippen LogP contribution in [-0.2, 0) is 0 Å². The van der Waals surface area contributed by atoms with Crippen molar-refractivity contribution in [2.24, 2.45) is 11.3 Å². The van der Waals surface area contributed by atoms with Crippen molar-refractivity contribution in [3.05, 3.63) is 18.5 Å². The Bertz CT molecular complexity index is 368. The number of pyridine rings is 1. The van der Waals surface area contributed by atoms with Crippen LogP contribution in [0.1, 0.15) is 27.2 Å². The molecule has 3 heteroatoms. The molecule has 0 aliphatic carbocycles. The normalized spacial score (nSPS) is 21.4. The molecule has 2 rings (SSSR count). The smallest absolute Gasteiger partial charge is 0.0573 e. The first-order valence-corrected chi connectivity index (χ1v) is 5.92. The molecule has 1 atom stereocenters. The van der Waals surface area contributed by atoms with E-state index in [0.29, 0.717) is 5.41 Å². The van der Waals surface area contributed by atoms with Gasteiger partial charge < -0.3 is 10.6 Å². The molecule has 1 aromatic rings. The molecule has 2 heterocycles. The second-order valence-electron chi connectivity index (χ2n) is 5.77. The zero-order valence-electron chi connectivity index (χ0n) is 10.4. The minimum absolute atomic E-state index is 0.391. The average molecular weight is 219 g/mol. The van der Waals surface area contributed by atoms with E-state index in [1.165, 1.54) is 6.42 Å². The van der Waals surface area contributed by atoms with Gasteiger partial charge in [0.2, 0.25) is 0 Å². The lowest BCUT2D eigenvalue weighted by Gasteiger charge is -2.27. The van der Waals surface area contributed by atoms with Gasteiger partial charge in [-0.3, -0.25) is 4.98 Å². The Morgan fingerprint density at radius 1 is 1.38 bits per heavy atom. The maximum Gasteiger partial charge on any atom is 0.0573 e. The fourth-order valence-corrected chi connectivity index (χ4v) is 2.32. The van der Waals surface area contributed by atoms with Gasteiger partial charge in [0.05, 0.1) is 17.6 Å². The van der Waals surface area contributed by atoms with Crippen molar-refractivity contribution in [3.8, 4) is 0 Å². The van der Waals surface area contributed by atoms with Gasteiger partial charge in [0.25, 0.3) is 0 Å². The maximum absolute atomic E-state index is 5.76. The fraction of sp³-hybridized carbons (Fsp3) is 0.615. The van der Waals surface area contributed by atoms with Crippen LogP contribution in [0.5, 0.6) is 0 Å². The van der Waals surface area contributed by atoms with E-state index in [-0.39, 0.29) is 0 Å². The standard InChI is InChI=1S/C13H21N3/c1-13(2,3)10-4-5-16(9-10)12-6-11(14)7-15-8-12/h6-8,10H,4-5,9,14H2,1-3H3. The third-order valence-corrected chi connectivity index (χ3v) is 3.52. The van der Waals surface area contributed by atoms with Crippen molar-refractivity contribution in [2.75, 3.05) is 23.7 Å². The van der Waals surface area contributed by atoms with Crippen LogP contribution in [0, 0.1) is 11.3 Å². The zero-order valence-corrected chi connectivity index (χ0v) is 10.4. The Balaban J connectivity index is 2.09. The van der Waals surface area contributed by atoms with Gasteiger partial charge in [-0.05, 0) is 23.8 Å². The third kappa shape index (κ3) is 2.29. The topological polar surface area (TPSA) is 42.2 Å². The van der Waals surface area contributed by atoms with E-state index in [2.05, 4.69) is 30.7 Å². The Kier molecular flexibility index (Phi) is 2.78. The predicted octanol–water partition coefficient (Wildman–Crippen LogP) is 2.54. The van der Waals surface area contributed by atoms with Gasteiger partial charge in [0.1, 0.15) is 0 Å². The van der Waals surface area contributed by atoms with E-state index in [1.54, 1.807) is 6.20 Å². The summed E-state index contributed by atoms with van der Waals surface area (Å²) in [7, 11) is 0. The Hall–Kier alpha value is -1.25. The molecule has 2 N–H and O–H groups in total. The molecule has 1 aliphatic heterocycles. The summed E-state index contributed by atoms with van der Waals surface area (Å²) in [5.74, 6) is 0.758. The predicted molar refractivity (Wildman–Crippen MR) is 68.4 cm³/mol. The lowest BCUT2D eigenvalue weighted by molar-refractivity contribution is 0.263. The van der Waals surface area contributed by atoms with Crippen LogP contribution in [0.25, 0.3) is 0 Å². The molecule has 0 amide bonds. The summed E-state index contributed by atoms with van der Waals surface area (Å²) in [6.45, 7) is 9.19. The minimum atomic E-state index is 0.391. The molecule has 0 spiro atoms. The molecule has 1 aliphatic rings. The summed E-state index contributed by atoms with van der Waals surface area (Å²) < 4.78 is 0. The van der Waals surface area contributed by atoms with Crippen molar-refractivity contribution in [2.45, 2.75) is 27.2 Å². The number of anilines is 2. The molecule has 0 aromatic carbocycles. The van der Waals surface area contributed by atoms with Gasteiger partial charge in [-0.15, -0.1) is 0 Å². The lowest BCUT2D eigenvalue weighted by atomic mass is 9.80. The molecular formula is C13H21N3. The Labute approximate surface area is 97.7 Å². The summed E-state index contributed by atoms with van der Waals surface area (Å²) in [5.41, 5.74) is 8.05. The van der Waals surface area contributed by atoms with Crippen LogP contribution in [0.3, 0.4) is 0 Å². The highest BCUT2D eigenvalue weighted by molar-refractivity contribution is 5.53. The molecule has 16 heavy (non-hydrogen) atoms. The highest BCUT2D eigenvalue weighted by Gasteiger charge is 2.31. The summed E-state index contributed by atoms with van der Waals surface area (Å²) in [6.07, 6.45) is 4.86. The molecule has 0 saturated carbocycles. The number of nitrogen functional groups attached to an aromatic ring is 1. The van der Waals surface area contributed by atoms with Crippen molar-refractivity contribution in [1.29, 1.82) is 0 Å².